The molecule has 104 valence electrons. The smallest absolute Gasteiger partial charge is 0.326 e. The Kier molecular flexibility index (Phi) is 4.09. The van der Waals surface area contributed by atoms with Crippen molar-refractivity contribution in [2.45, 2.75) is 25.8 Å². The lowest BCUT2D eigenvalue weighted by Gasteiger charge is -2.37. The van der Waals surface area contributed by atoms with Crippen molar-refractivity contribution < 1.29 is 19.4 Å². The van der Waals surface area contributed by atoms with Gasteiger partial charge < -0.3 is 14.7 Å². The Hall–Kier alpha value is -1.56. The lowest BCUT2D eigenvalue weighted by atomic mass is 9.90. The van der Waals surface area contributed by atoms with Crippen LogP contribution < -0.4 is 4.74 Å². The summed E-state index contributed by atoms with van der Waals surface area (Å²) in [6.07, 6.45) is 1.67. The summed E-state index contributed by atoms with van der Waals surface area (Å²) >= 11 is 1.28. The molecule has 2 unspecified atom stereocenters. The lowest BCUT2D eigenvalue weighted by molar-refractivity contribution is -0.145. The largest absolute Gasteiger partial charge is 0.495 e. The van der Waals surface area contributed by atoms with Crippen molar-refractivity contribution >= 4 is 23.2 Å². The van der Waals surface area contributed by atoms with E-state index in [-0.39, 0.29) is 11.8 Å². The molecule has 2 rings (SSSR count). The Morgan fingerprint density at radius 3 is 2.89 bits per heavy atom. The minimum absolute atomic E-state index is 0.0267. The fourth-order valence-corrected chi connectivity index (χ4v) is 3.35. The molecular formula is C13H17NO4S. The van der Waals surface area contributed by atoms with Gasteiger partial charge in [0.05, 0.1) is 7.11 Å². The van der Waals surface area contributed by atoms with Crippen molar-refractivity contribution in [2.24, 2.45) is 5.92 Å². The normalized spacial score (nSPS) is 23.2. The number of carboxylic acids is 1. The molecule has 1 amide bonds. The van der Waals surface area contributed by atoms with Crippen LogP contribution in [0.25, 0.3) is 0 Å². The monoisotopic (exact) mass is 283 g/mol. The van der Waals surface area contributed by atoms with Gasteiger partial charge in [0.25, 0.3) is 5.91 Å². The van der Waals surface area contributed by atoms with Crippen LogP contribution in [0.4, 0.5) is 0 Å². The molecule has 0 bridgehead atoms. The van der Waals surface area contributed by atoms with E-state index in [9.17, 15) is 14.7 Å². The Morgan fingerprint density at radius 2 is 2.26 bits per heavy atom. The van der Waals surface area contributed by atoms with Gasteiger partial charge in [0.15, 0.2) is 0 Å². The summed E-state index contributed by atoms with van der Waals surface area (Å²) in [4.78, 5) is 25.8. The van der Waals surface area contributed by atoms with E-state index in [0.29, 0.717) is 17.2 Å². The van der Waals surface area contributed by atoms with Crippen LogP contribution in [0, 0.1) is 5.92 Å². The maximum atomic E-state index is 12.5. The first-order valence-corrected chi connectivity index (χ1v) is 7.09. The minimum atomic E-state index is -0.934. The number of likely N-dealkylation sites (tertiary alicyclic amines) is 1. The van der Waals surface area contributed by atoms with Gasteiger partial charge in [0, 0.05) is 6.54 Å². The Bertz CT molecular complexity index is 485. The van der Waals surface area contributed by atoms with Crippen molar-refractivity contribution in [3.05, 3.63) is 16.3 Å². The summed E-state index contributed by atoms with van der Waals surface area (Å²) in [6.45, 7) is 2.37. The molecule has 1 aromatic rings. The third-order valence-electron chi connectivity index (χ3n) is 3.49. The molecule has 0 spiro atoms. The van der Waals surface area contributed by atoms with Crippen molar-refractivity contribution in [2.75, 3.05) is 13.7 Å². The highest BCUT2D eigenvalue weighted by atomic mass is 32.1. The number of nitrogens with zero attached hydrogens (tertiary/aromatic N) is 1. The number of carbonyl (C=O) groups excluding carboxylic acids is 1. The van der Waals surface area contributed by atoms with E-state index < -0.39 is 12.0 Å². The molecule has 1 aliphatic heterocycles. The summed E-state index contributed by atoms with van der Waals surface area (Å²) in [5, 5.41) is 11.1. The maximum Gasteiger partial charge on any atom is 0.326 e. The number of ether oxygens (including phenoxy) is 1. The van der Waals surface area contributed by atoms with Gasteiger partial charge in [-0.15, -0.1) is 11.3 Å². The van der Waals surface area contributed by atoms with Gasteiger partial charge >= 0.3 is 5.97 Å². The van der Waals surface area contributed by atoms with Gasteiger partial charge in [-0.3, -0.25) is 4.79 Å². The van der Waals surface area contributed by atoms with Gasteiger partial charge in [0.2, 0.25) is 0 Å². The van der Waals surface area contributed by atoms with E-state index in [1.165, 1.54) is 23.3 Å². The van der Waals surface area contributed by atoms with Gasteiger partial charge in [-0.05, 0) is 30.2 Å². The third-order valence-corrected chi connectivity index (χ3v) is 4.37. The summed E-state index contributed by atoms with van der Waals surface area (Å²) in [5.41, 5.74) is 0. The molecule has 0 aliphatic carbocycles. The standard InChI is InChI=1S/C13H17NO4S/c1-8-4-3-6-14(10(8)13(16)17)12(15)11-9(18-2)5-7-19-11/h5,7-8,10H,3-4,6H2,1-2H3,(H,16,17). The van der Waals surface area contributed by atoms with E-state index in [1.807, 2.05) is 6.92 Å². The number of aliphatic carboxylic acids is 1. The zero-order valence-electron chi connectivity index (χ0n) is 11.0. The Labute approximate surface area is 115 Å². The molecule has 0 radical (unpaired) electrons. The first-order chi connectivity index (χ1) is 9.06. The molecule has 6 heteroatoms. The molecule has 5 nitrogen and oxygen atoms in total. The van der Waals surface area contributed by atoms with Crippen LogP contribution >= 0.6 is 11.3 Å². The quantitative estimate of drug-likeness (QED) is 0.922. The average molecular weight is 283 g/mol. The van der Waals surface area contributed by atoms with E-state index in [1.54, 1.807) is 11.4 Å². The lowest BCUT2D eigenvalue weighted by Crippen LogP contribution is -2.51. The summed E-state index contributed by atoms with van der Waals surface area (Å²) < 4.78 is 5.14. The van der Waals surface area contributed by atoms with Crippen LogP contribution in [0.3, 0.4) is 0 Å². The predicted octanol–water partition coefficient (Wildman–Crippen LogP) is 2.08. The van der Waals surface area contributed by atoms with Crippen molar-refractivity contribution in [1.29, 1.82) is 0 Å². The van der Waals surface area contributed by atoms with Crippen molar-refractivity contribution in [1.82, 2.24) is 4.90 Å². The Morgan fingerprint density at radius 1 is 1.53 bits per heavy atom. The summed E-state index contributed by atoms with van der Waals surface area (Å²) in [7, 11) is 1.51. The SMILES string of the molecule is COc1ccsc1C(=O)N1CCCC(C)C1C(=O)O. The number of carbonyl (C=O) groups is 2. The molecule has 2 atom stereocenters. The first-order valence-electron chi connectivity index (χ1n) is 6.21. The van der Waals surface area contributed by atoms with E-state index in [0.717, 1.165) is 12.8 Å². The second kappa shape index (κ2) is 5.61. The van der Waals surface area contributed by atoms with Crippen LogP contribution in [0.1, 0.15) is 29.4 Å². The molecule has 1 fully saturated rings. The third kappa shape index (κ3) is 2.58. The summed E-state index contributed by atoms with van der Waals surface area (Å²) in [6, 6.07) is 0.981. The van der Waals surface area contributed by atoms with Crippen LogP contribution in [0.2, 0.25) is 0 Å². The molecule has 2 heterocycles. The molecule has 0 aromatic carbocycles. The second-order valence-corrected chi connectivity index (χ2v) is 5.64. The number of amides is 1. The number of methoxy groups -OCH3 is 1. The zero-order chi connectivity index (χ0) is 14.0. The molecule has 1 aliphatic rings. The van der Waals surface area contributed by atoms with Crippen LogP contribution in [0.15, 0.2) is 11.4 Å². The van der Waals surface area contributed by atoms with Crippen molar-refractivity contribution in [3.8, 4) is 5.75 Å². The topological polar surface area (TPSA) is 66.8 Å². The Balaban J connectivity index is 2.28. The van der Waals surface area contributed by atoms with Crippen LogP contribution in [0.5, 0.6) is 5.75 Å². The van der Waals surface area contributed by atoms with Crippen LogP contribution in [-0.4, -0.2) is 41.6 Å². The zero-order valence-corrected chi connectivity index (χ0v) is 11.8. The van der Waals surface area contributed by atoms with Gasteiger partial charge in [-0.2, -0.15) is 0 Å². The highest BCUT2D eigenvalue weighted by Gasteiger charge is 2.38. The fraction of sp³-hybridized carbons (Fsp3) is 0.538. The number of piperidine rings is 1. The second-order valence-electron chi connectivity index (χ2n) is 4.72. The molecule has 0 saturated carbocycles. The number of thiophene rings is 1. The van der Waals surface area contributed by atoms with Gasteiger partial charge in [-0.25, -0.2) is 4.79 Å². The van der Waals surface area contributed by atoms with Gasteiger partial charge in [0.1, 0.15) is 16.7 Å². The molecule has 1 saturated heterocycles. The van der Waals surface area contributed by atoms with E-state index in [4.69, 9.17) is 4.74 Å². The molecular weight excluding hydrogens is 266 g/mol. The number of carboxylic acid groups (broad SMARTS) is 1. The number of rotatable bonds is 3. The van der Waals surface area contributed by atoms with E-state index >= 15 is 0 Å². The molecule has 1 N–H and O–H groups in total. The molecule has 19 heavy (non-hydrogen) atoms. The fourth-order valence-electron chi connectivity index (χ4n) is 2.54. The predicted molar refractivity (Wildman–Crippen MR) is 71.7 cm³/mol. The van der Waals surface area contributed by atoms with Crippen molar-refractivity contribution in [3.63, 3.8) is 0 Å². The van der Waals surface area contributed by atoms with Crippen LogP contribution in [-0.2, 0) is 4.79 Å². The minimum Gasteiger partial charge on any atom is -0.495 e. The highest BCUT2D eigenvalue weighted by molar-refractivity contribution is 7.12. The first kappa shape index (κ1) is 13.9. The number of hydrogen-bond donors (Lipinski definition) is 1. The molecule has 1 aromatic heterocycles. The van der Waals surface area contributed by atoms with Gasteiger partial charge in [-0.1, -0.05) is 6.92 Å². The average Bonchev–Trinajstić information content (AvgIpc) is 2.85. The number of hydrogen-bond acceptors (Lipinski definition) is 4. The van der Waals surface area contributed by atoms with E-state index in [2.05, 4.69) is 0 Å². The highest BCUT2D eigenvalue weighted by Crippen LogP contribution is 2.30. The maximum absolute atomic E-state index is 12.5. The summed E-state index contributed by atoms with van der Waals surface area (Å²) in [5.74, 6) is -0.694.